The van der Waals surface area contributed by atoms with Crippen LogP contribution in [0.5, 0.6) is 0 Å². The molecule has 0 unspecified atom stereocenters. The number of rotatable bonds is 10. The van der Waals surface area contributed by atoms with Crippen molar-refractivity contribution in [1.82, 2.24) is 4.90 Å². The molecule has 6 heteroatoms. The van der Waals surface area contributed by atoms with Crippen molar-refractivity contribution in [2.24, 2.45) is 0 Å². The molecule has 2 nitrogen and oxygen atoms in total. The predicted octanol–water partition coefficient (Wildman–Crippen LogP) is 5.82. The summed E-state index contributed by atoms with van der Waals surface area (Å²) in [7, 11) is 0. The van der Waals surface area contributed by atoms with Gasteiger partial charge in [0.1, 0.15) is 0 Å². The fourth-order valence-electron chi connectivity index (χ4n) is 3.27. The number of hydrogen-bond acceptors (Lipinski definition) is 2. The molecule has 0 bridgehead atoms. The Balaban J connectivity index is 0.000000636. The number of unbranched alkanes of at least 4 members (excludes halogenated alkanes) is 3. The molecule has 0 spiro atoms. The zero-order chi connectivity index (χ0) is 22.9. The zero-order valence-corrected chi connectivity index (χ0v) is 23.0. The van der Waals surface area contributed by atoms with Gasteiger partial charge in [-0.25, -0.2) is 0 Å². The van der Waals surface area contributed by atoms with E-state index in [4.69, 9.17) is 28.3 Å². The molecule has 0 aromatic heterocycles. The zero-order valence-electron chi connectivity index (χ0n) is 19.3. The molecular formula is C28H33Cl2Fe2NO+4. The molecular weight excluding hydrogens is 549 g/mol. The molecule has 4 fully saturated rings. The topological polar surface area (TPSA) is 23.5 Å². The second-order valence-corrected chi connectivity index (χ2v) is 8.51. The van der Waals surface area contributed by atoms with Gasteiger partial charge in [0.25, 0.3) is 0 Å². The molecule has 0 aliphatic heterocycles. The Morgan fingerprint density at radius 2 is 0.882 bits per heavy atom. The Morgan fingerprint density at radius 1 is 0.529 bits per heavy atom. The third-order valence-electron chi connectivity index (χ3n) is 4.90. The van der Waals surface area contributed by atoms with Gasteiger partial charge in [-0.1, -0.05) is 12.8 Å². The number of halogens is 2. The van der Waals surface area contributed by atoms with Crippen LogP contribution in [0.15, 0.2) is 0 Å². The fraction of sp³-hybridized carbons (Fsp3) is 0.286. The van der Waals surface area contributed by atoms with Crippen LogP contribution in [-0.2, 0) is 34.1 Å². The average molecular weight is 582 g/mol. The minimum Gasteiger partial charge on any atom is -0.396 e. The normalized spacial score (nSPS) is 21.5. The van der Waals surface area contributed by atoms with Crippen LogP contribution in [0.1, 0.15) is 25.7 Å². The minimum atomic E-state index is 0. The van der Waals surface area contributed by atoms with Crippen LogP contribution in [-0.4, -0.2) is 36.2 Å². The number of aliphatic hydroxyl groups is 1. The summed E-state index contributed by atoms with van der Waals surface area (Å²) in [5.74, 6) is 2.79. The molecule has 0 heterocycles. The quantitative estimate of drug-likeness (QED) is 0.259. The Hall–Kier alpha value is 1.54. The van der Waals surface area contributed by atoms with Crippen molar-refractivity contribution in [2.75, 3.05) is 26.2 Å². The van der Waals surface area contributed by atoms with Crippen molar-refractivity contribution in [2.45, 2.75) is 25.7 Å². The maximum Gasteiger partial charge on any atom is 2.00 e. The molecule has 1 N–H and O–H groups in total. The number of nitrogens with zero attached hydrogens (tertiary/aromatic N) is 1. The first kappa shape index (κ1) is 35.5. The van der Waals surface area contributed by atoms with Gasteiger partial charge in [0.2, 0.25) is 0 Å². The van der Waals surface area contributed by atoms with Gasteiger partial charge in [-0.15, -0.1) is 23.2 Å². The van der Waals surface area contributed by atoms with Gasteiger partial charge in [-0.05, 0) is 134 Å². The third-order valence-corrected chi connectivity index (χ3v) is 5.41. The summed E-state index contributed by atoms with van der Waals surface area (Å²) < 4.78 is 0. The Kier molecular flexibility index (Phi) is 24.7. The molecule has 0 aromatic carbocycles. The van der Waals surface area contributed by atoms with Gasteiger partial charge in [0, 0.05) is 19.7 Å². The minimum absolute atomic E-state index is 0. The molecule has 4 rings (SSSR count). The van der Waals surface area contributed by atoms with E-state index in [-0.39, 0.29) is 34.1 Å². The molecule has 0 amide bonds. The Morgan fingerprint density at radius 3 is 1.21 bits per heavy atom. The summed E-state index contributed by atoms with van der Waals surface area (Å²) in [5, 5.41) is 10.4. The van der Waals surface area contributed by atoms with Crippen LogP contribution in [0.4, 0.5) is 0 Å². The van der Waals surface area contributed by atoms with Crippen LogP contribution >= 0.6 is 23.2 Å². The van der Waals surface area contributed by atoms with Crippen molar-refractivity contribution >= 4 is 23.2 Å². The number of aliphatic hydroxyl groups excluding tert-OH is 1. The second kappa shape index (κ2) is 23.6. The summed E-state index contributed by atoms with van der Waals surface area (Å²) >= 11 is 10.9. The fourth-order valence-corrected chi connectivity index (χ4v) is 3.56. The largest absolute Gasteiger partial charge is 2.00 e. The first-order valence-corrected chi connectivity index (χ1v) is 11.9. The smallest absolute Gasteiger partial charge is 0.396 e. The molecule has 20 radical (unpaired) electrons. The molecule has 4 aliphatic carbocycles. The molecule has 34 heavy (non-hydrogen) atoms. The van der Waals surface area contributed by atoms with Crippen LogP contribution in [0.2, 0.25) is 0 Å². The first-order valence-electron chi connectivity index (χ1n) is 11.2. The van der Waals surface area contributed by atoms with E-state index in [1.807, 2.05) is 51.4 Å². The monoisotopic (exact) mass is 581 g/mol. The molecule has 182 valence electrons. The van der Waals surface area contributed by atoms with E-state index in [1.54, 1.807) is 0 Å². The number of hydrogen-bond donors (Lipinski definition) is 1. The van der Waals surface area contributed by atoms with Gasteiger partial charge in [0.15, 0.2) is 0 Å². The van der Waals surface area contributed by atoms with Gasteiger partial charge < -0.3 is 10.0 Å². The first-order chi connectivity index (χ1) is 15.7. The average Bonchev–Trinajstić information content (AvgIpc) is 3.59. The van der Waals surface area contributed by atoms with E-state index in [1.165, 1.54) is 24.7 Å². The van der Waals surface area contributed by atoms with Crippen LogP contribution in [0.3, 0.4) is 0 Å². The van der Waals surface area contributed by atoms with Gasteiger partial charge in [-0.2, -0.15) is 0 Å². The second-order valence-electron chi connectivity index (χ2n) is 7.64. The van der Waals surface area contributed by atoms with E-state index in [0.29, 0.717) is 6.61 Å². The molecule has 4 aliphatic rings. The maximum atomic E-state index is 8.81. The summed E-state index contributed by atoms with van der Waals surface area (Å²) in [4.78, 5) is 2.52. The molecule has 0 atom stereocenters. The van der Waals surface area contributed by atoms with Gasteiger partial charge in [0.05, 0.1) is 10.8 Å². The van der Waals surface area contributed by atoms with Crippen molar-refractivity contribution in [3.8, 4) is 0 Å². The molecule has 4 saturated carbocycles. The Labute approximate surface area is 243 Å². The predicted molar refractivity (Wildman–Crippen MR) is 135 cm³/mol. The summed E-state index contributed by atoms with van der Waals surface area (Å²) in [6, 6.07) is 0. The van der Waals surface area contributed by atoms with Gasteiger partial charge in [-0.3, -0.25) is 0 Å². The van der Waals surface area contributed by atoms with Crippen molar-refractivity contribution in [3.63, 3.8) is 0 Å². The van der Waals surface area contributed by atoms with E-state index >= 15 is 0 Å². The van der Waals surface area contributed by atoms with Crippen LogP contribution < -0.4 is 0 Å². The third kappa shape index (κ3) is 17.9. The Bertz CT molecular complexity index is 391. The SMILES string of the molecule is Cl[C]1[CH][CH][CH][CH]1.Cl[C]1[CH][CH][CH][CH]1.OCCCCCCN(C[C]1[CH][CH][CH][CH]1)C[C]1[CH][CH][CH][CH]1.[Fe+2].[Fe+2]. The van der Waals surface area contributed by atoms with Crippen LogP contribution in [0.25, 0.3) is 0 Å². The van der Waals surface area contributed by atoms with Crippen molar-refractivity contribution in [1.29, 1.82) is 0 Å². The van der Waals surface area contributed by atoms with E-state index in [9.17, 15) is 0 Å². The molecule has 0 saturated heterocycles. The summed E-state index contributed by atoms with van der Waals surface area (Å²) in [5.41, 5.74) is 0. The maximum absolute atomic E-state index is 8.81. The van der Waals surface area contributed by atoms with Crippen molar-refractivity contribution < 1.29 is 39.2 Å². The van der Waals surface area contributed by atoms with Gasteiger partial charge >= 0.3 is 34.1 Å². The molecule has 0 aromatic rings. The summed E-state index contributed by atoms with van der Waals surface area (Å²) in [6.07, 6.45) is 36.7. The van der Waals surface area contributed by atoms with Crippen molar-refractivity contribution in [3.05, 3.63) is 125 Å². The van der Waals surface area contributed by atoms with E-state index in [2.05, 4.69) is 56.3 Å². The van der Waals surface area contributed by atoms with E-state index in [0.717, 1.165) is 43.2 Å². The van der Waals surface area contributed by atoms with Crippen LogP contribution in [0, 0.1) is 125 Å². The summed E-state index contributed by atoms with van der Waals surface area (Å²) in [6.45, 7) is 3.50. The standard InChI is InChI=1S/C18H25NO.2C5H4Cl.2Fe/c20-14-8-2-1-7-13-19(15-17-9-3-4-10-17)16-18-11-5-6-12-18;2*6-5-3-1-2-4-5;;/h3-6,9-12,20H,1-2,7-8,13-16H2;2*1-4H;;/q;;;2*+2. The van der Waals surface area contributed by atoms with E-state index < -0.39 is 0 Å².